The highest BCUT2D eigenvalue weighted by atomic mass is 16.5. The van der Waals surface area contributed by atoms with Gasteiger partial charge in [0.05, 0.1) is 12.2 Å². The molecule has 2 unspecified atom stereocenters. The molecule has 1 aliphatic rings. The number of hydrogen-bond acceptors (Lipinski definition) is 4. The second kappa shape index (κ2) is 6.64. The molecule has 2 rings (SSSR count). The van der Waals surface area contributed by atoms with Gasteiger partial charge in [0, 0.05) is 17.9 Å². The lowest BCUT2D eigenvalue weighted by molar-refractivity contribution is 0.0527. The second-order valence-corrected chi connectivity index (χ2v) is 5.57. The maximum Gasteiger partial charge on any atom is 0.340 e. The molecule has 0 radical (unpaired) electrons. The van der Waals surface area contributed by atoms with Crippen molar-refractivity contribution in [3.05, 3.63) is 23.8 Å². The Balaban J connectivity index is 2.01. The minimum atomic E-state index is -0.358. The molecule has 0 bridgehead atoms. The van der Waals surface area contributed by atoms with E-state index >= 15 is 0 Å². The van der Waals surface area contributed by atoms with Gasteiger partial charge in [-0.25, -0.2) is 4.79 Å². The Morgan fingerprint density at radius 1 is 1.45 bits per heavy atom. The summed E-state index contributed by atoms with van der Waals surface area (Å²) in [5.74, 6) is 1.14. The summed E-state index contributed by atoms with van der Waals surface area (Å²) < 4.78 is 5.01. The number of hydrogen-bond donors (Lipinski definition) is 2. The summed E-state index contributed by atoms with van der Waals surface area (Å²) in [6, 6.07) is 5.46. The van der Waals surface area contributed by atoms with Gasteiger partial charge in [-0.3, -0.25) is 0 Å². The predicted octanol–water partition coefficient (Wildman–Crippen LogP) is 3.29. The Bertz CT molecular complexity index is 474. The molecule has 3 N–H and O–H groups in total. The van der Waals surface area contributed by atoms with E-state index in [0.29, 0.717) is 17.9 Å². The number of nitrogens with one attached hydrogen (secondary N) is 1. The van der Waals surface area contributed by atoms with Crippen molar-refractivity contribution in [2.24, 2.45) is 11.8 Å². The van der Waals surface area contributed by atoms with Crippen LogP contribution in [-0.4, -0.2) is 19.1 Å². The van der Waals surface area contributed by atoms with E-state index in [4.69, 9.17) is 10.5 Å². The molecule has 1 aliphatic carbocycles. The summed E-state index contributed by atoms with van der Waals surface area (Å²) in [4.78, 5) is 11.8. The third-order valence-corrected chi connectivity index (χ3v) is 4.16. The largest absolute Gasteiger partial charge is 0.462 e. The van der Waals surface area contributed by atoms with Gasteiger partial charge in [-0.05, 0) is 43.4 Å². The zero-order chi connectivity index (χ0) is 14.5. The smallest absolute Gasteiger partial charge is 0.340 e. The molecule has 1 aromatic rings. The van der Waals surface area contributed by atoms with Gasteiger partial charge < -0.3 is 15.8 Å². The van der Waals surface area contributed by atoms with Gasteiger partial charge in [0.2, 0.25) is 0 Å². The first-order chi connectivity index (χ1) is 9.61. The van der Waals surface area contributed by atoms with Crippen LogP contribution in [-0.2, 0) is 4.74 Å². The van der Waals surface area contributed by atoms with Gasteiger partial charge >= 0.3 is 5.97 Å². The van der Waals surface area contributed by atoms with Crippen LogP contribution in [0.15, 0.2) is 18.2 Å². The number of ether oxygens (including phenoxy) is 1. The highest BCUT2D eigenvalue weighted by molar-refractivity contribution is 5.96. The molecule has 0 heterocycles. The van der Waals surface area contributed by atoms with Gasteiger partial charge in [-0.1, -0.05) is 19.8 Å². The van der Waals surface area contributed by atoms with Crippen LogP contribution >= 0.6 is 0 Å². The Hall–Kier alpha value is -1.71. The zero-order valence-electron chi connectivity index (χ0n) is 12.3. The average Bonchev–Trinajstić information content (AvgIpc) is 2.83. The van der Waals surface area contributed by atoms with E-state index in [-0.39, 0.29) is 5.97 Å². The molecule has 4 heteroatoms. The Morgan fingerprint density at radius 3 is 2.90 bits per heavy atom. The van der Waals surface area contributed by atoms with Gasteiger partial charge in [0.1, 0.15) is 0 Å². The van der Waals surface area contributed by atoms with Crippen molar-refractivity contribution < 1.29 is 9.53 Å². The lowest BCUT2D eigenvalue weighted by Gasteiger charge is -2.17. The van der Waals surface area contributed by atoms with Gasteiger partial charge in [0.15, 0.2) is 0 Å². The lowest BCUT2D eigenvalue weighted by atomic mass is 9.98. The van der Waals surface area contributed by atoms with Crippen LogP contribution in [0.1, 0.15) is 43.5 Å². The molecule has 4 nitrogen and oxygen atoms in total. The standard InChI is InChI=1S/C16H24N2O2/c1-3-20-16(19)14-9-13(7-8-15(14)17)18-10-12-6-4-5-11(12)2/h7-9,11-12,18H,3-6,10,17H2,1-2H3. The molecule has 0 saturated heterocycles. The number of esters is 1. The number of rotatable bonds is 5. The summed E-state index contributed by atoms with van der Waals surface area (Å²) in [7, 11) is 0. The number of benzene rings is 1. The van der Waals surface area contributed by atoms with Gasteiger partial charge in [0.25, 0.3) is 0 Å². The highest BCUT2D eigenvalue weighted by Gasteiger charge is 2.23. The number of carbonyl (C=O) groups is 1. The van der Waals surface area contributed by atoms with Gasteiger partial charge in [-0.2, -0.15) is 0 Å². The number of nitrogen functional groups attached to an aromatic ring is 1. The number of carbonyl (C=O) groups excluding carboxylic acids is 1. The van der Waals surface area contributed by atoms with E-state index in [9.17, 15) is 4.79 Å². The first-order valence-electron chi connectivity index (χ1n) is 7.42. The van der Waals surface area contributed by atoms with Crippen LogP contribution in [0.4, 0.5) is 11.4 Å². The number of nitrogens with two attached hydrogens (primary N) is 1. The molecule has 0 spiro atoms. The first-order valence-corrected chi connectivity index (χ1v) is 7.42. The molecular formula is C16H24N2O2. The van der Waals surface area contributed by atoms with Crippen molar-refractivity contribution in [1.82, 2.24) is 0 Å². The van der Waals surface area contributed by atoms with Crippen LogP contribution in [0.5, 0.6) is 0 Å². The summed E-state index contributed by atoms with van der Waals surface area (Å²) in [5.41, 5.74) is 7.67. The maximum absolute atomic E-state index is 11.8. The fraction of sp³-hybridized carbons (Fsp3) is 0.562. The summed E-state index contributed by atoms with van der Waals surface area (Å²) in [6.07, 6.45) is 3.93. The molecule has 20 heavy (non-hydrogen) atoms. The molecule has 0 aromatic heterocycles. The van der Waals surface area contributed by atoms with Crippen LogP contribution in [0.3, 0.4) is 0 Å². The molecule has 1 aromatic carbocycles. The molecule has 0 aliphatic heterocycles. The fourth-order valence-electron chi connectivity index (χ4n) is 2.83. The van der Waals surface area contributed by atoms with Crippen molar-refractivity contribution in [2.45, 2.75) is 33.1 Å². The molecular weight excluding hydrogens is 252 g/mol. The van der Waals surface area contributed by atoms with Crippen LogP contribution in [0.25, 0.3) is 0 Å². The van der Waals surface area contributed by atoms with Gasteiger partial charge in [-0.15, -0.1) is 0 Å². The summed E-state index contributed by atoms with van der Waals surface area (Å²) in [5, 5.41) is 3.42. The minimum absolute atomic E-state index is 0.357. The minimum Gasteiger partial charge on any atom is -0.462 e. The molecule has 0 amide bonds. The third-order valence-electron chi connectivity index (χ3n) is 4.16. The Kier molecular flexibility index (Phi) is 4.88. The number of anilines is 2. The van der Waals surface area contributed by atoms with Crippen molar-refractivity contribution >= 4 is 17.3 Å². The topological polar surface area (TPSA) is 64.3 Å². The van der Waals surface area contributed by atoms with E-state index in [0.717, 1.165) is 24.1 Å². The van der Waals surface area contributed by atoms with E-state index in [1.807, 2.05) is 6.07 Å². The second-order valence-electron chi connectivity index (χ2n) is 5.57. The van der Waals surface area contributed by atoms with E-state index in [1.165, 1.54) is 19.3 Å². The van der Waals surface area contributed by atoms with Crippen LogP contribution in [0, 0.1) is 11.8 Å². The predicted molar refractivity (Wildman–Crippen MR) is 81.8 cm³/mol. The highest BCUT2D eigenvalue weighted by Crippen LogP contribution is 2.31. The van der Waals surface area contributed by atoms with E-state index < -0.39 is 0 Å². The van der Waals surface area contributed by atoms with E-state index in [1.54, 1.807) is 19.1 Å². The SMILES string of the molecule is CCOC(=O)c1cc(NCC2CCCC2C)ccc1N. The van der Waals surface area contributed by atoms with E-state index in [2.05, 4.69) is 12.2 Å². The molecule has 2 atom stereocenters. The van der Waals surface area contributed by atoms with Crippen molar-refractivity contribution in [3.8, 4) is 0 Å². The van der Waals surface area contributed by atoms with Crippen LogP contribution in [0.2, 0.25) is 0 Å². The zero-order valence-corrected chi connectivity index (χ0v) is 12.3. The third kappa shape index (κ3) is 3.44. The normalized spacial score (nSPS) is 21.7. The maximum atomic E-state index is 11.8. The lowest BCUT2D eigenvalue weighted by Crippen LogP contribution is -2.17. The van der Waals surface area contributed by atoms with Crippen molar-refractivity contribution in [1.29, 1.82) is 0 Å². The molecule has 110 valence electrons. The average molecular weight is 276 g/mol. The summed E-state index contributed by atoms with van der Waals surface area (Å²) >= 11 is 0. The monoisotopic (exact) mass is 276 g/mol. The molecule has 1 saturated carbocycles. The molecule has 1 fully saturated rings. The van der Waals surface area contributed by atoms with Crippen molar-refractivity contribution in [2.75, 3.05) is 24.2 Å². The Morgan fingerprint density at radius 2 is 2.25 bits per heavy atom. The Labute approximate surface area is 120 Å². The van der Waals surface area contributed by atoms with Crippen LogP contribution < -0.4 is 11.1 Å². The van der Waals surface area contributed by atoms with Crippen molar-refractivity contribution in [3.63, 3.8) is 0 Å². The summed E-state index contributed by atoms with van der Waals surface area (Å²) in [6.45, 7) is 5.41. The first kappa shape index (κ1) is 14.7. The quantitative estimate of drug-likeness (QED) is 0.640. The fourth-order valence-corrected chi connectivity index (χ4v) is 2.83.